The Hall–Kier alpha value is -2.14. The summed E-state index contributed by atoms with van der Waals surface area (Å²) in [7, 11) is 0. The normalized spacial score (nSPS) is 22.1. The number of hydrogen-bond acceptors (Lipinski definition) is 4. The second-order valence-corrected chi connectivity index (χ2v) is 7.08. The van der Waals surface area contributed by atoms with Crippen LogP contribution in [0.1, 0.15) is 43.6 Å². The Labute approximate surface area is 135 Å². The highest BCUT2D eigenvalue weighted by atomic mass is 16.5. The van der Waals surface area contributed by atoms with Gasteiger partial charge in [0.1, 0.15) is 11.3 Å². The Bertz CT molecular complexity index is 743. The quantitative estimate of drug-likeness (QED) is 0.687. The van der Waals surface area contributed by atoms with Crippen LogP contribution >= 0.6 is 0 Å². The van der Waals surface area contributed by atoms with Crippen molar-refractivity contribution >= 4 is 11.5 Å². The molecule has 1 unspecified atom stereocenters. The van der Waals surface area contributed by atoms with E-state index >= 15 is 0 Å². The number of allylic oxidation sites excluding steroid dienone is 1. The summed E-state index contributed by atoms with van der Waals surface area (Å²) in [6, 6.07) is 5.19. The van der Waals surface area contributed by atoms with Crippen LogP contribution < -0.4 is 4.74 Å². The summed E-state index contributed by atoms with van der Waals surface area (Å²) in [5, 5.41) is 22.8. The monoisotopic (exact) mass is 315 g/mol. The fourth-order valence-corrected chi connectivity index (χ4v) is 3.04. The van der Waals surface area contributed by atoms with Gasteiger partial charge in [-0.15, -0.1) is 0 Å². The van der Waals surface area contributed by atoms with Crippen LogP contribution in [-0.4, -0.2) is 34.2 Å². The van der Waals surface area contributed by atoms with Crippen LogP contribution in [0.5, 0.6) is 5.75 Å². The maximum Gasteiger partial charge on any atom is 0.275 e. The topological polar surface area (TPSA) is 72.6 Å². The minimum Gasteiger partial charge on any atom is -0.621 e. The minimum absolute atomic E-state index is 0.163. The molecule has 0 saturated carbocycles. The molecular formula is C18H21NO4. The number of ketones is 1. The molecule has 0 saturated heterocycles. The maximum absolute atomic E-state index is 12.5. The zero-order valence-electron chi connectivity index (χ0n) is 13.8. The van der Waals surface area contributed by atoms with Crippen molar-refractivity contribution in [3.8, 4) is 5.75 Å². The predicted octanol–water partition coefficient (Wildman–Crippen LogP) is 2.50. The molecule has 0 bridgehead atoms. The maximum atomic E-state index is 12.5. The number of ether oxygens (including phenoxy) is 1. The first-order chi connectivity index (χ1) is 10.7. The molecule has 0 radical (unpaired) electrons. The molecule has 1 aliphatic heterocycles. The second-order valence-electron chi connectivity index (χ2n) is 7.08. The second kappa shape index (κ2) is 5.20. The molecule has 0 amide bonds. The van der Waals surface area contributed by atoms with Crippen LogP contribution in [0.15, 0.2) is 29.8 Å². The number of hydrogen-bond donors (Lipinski definition) is 1. The van der Waals surface area contributed by atoms with E-state index in [1.165, 1.54) is 6.08 Å². The van der Waals surface area contributed by atoms with Crippen molar-refractivity contribution in [3.63, 3.8) is 0 Å². The lowest BCUT2D eigenvalue weighted by molar-refractivity contribution is -0.557. The number of aliphatic hydroxyl groups excluding tert-OH is 1. The zero-order chi connectivity index (χ0) is 16.9. The third kappa shape index (κ3) is 2.27. The molecule has 1 heterocycles. The third-order valence-corrected chi connectivity index (χ3v) is 4.41. The first kappa shape index (κ1) is 15.7. The number of aliphatic hydroxyl groups is 1. The molecule has 0 spiro atoms. The van der Waals surface area contributed by atoms with Gasteiger partial charge < -0.3 is 15.1 Å². The number of carbonyl (C=O) groups is 1. The van der Waals surface area contributed by atoms with Gasteiger partial charge in [-0.3, -0.25) is 4.79 Å². The highest BCUT2D eigenvalue weighted by Crippen LogP contribution is 2.44. The van der Waals surface area contributed by atoms with Gasteiger partial charge in [-0.05, 0) is 38.0 Å². The minimum atomic E-state index is -1.22. The molecule has 1 atom stereocenters. The lowest BCUT2D eigenvalue weighted by Gasteiger charge is -2.22. The lowest BCUT2D eigenvalue weighted by atomic mass is 9.76. The van der Waals surface area contributed by atoms with Gasteiger partial charge in [0.15, 0.2) is 5.78 Å². The van der Waals surface area contributed by atoms with E-state index in [2.05, 4.69) is 0 Å². The Kier molecular flexibility index (Phi) is 3.56. The van der Waals surface area contributed by atoms with Crippen LogP contribution in [-0.2, 0) is 0 Å². The van der Waals surface area contributed by atoms with Gasteiger partial charge in [0.25, 0.3) is 6.23 Å². The van der Waals surface area contributed by atoms with Crippen molar-refractivity contribution in [1.82, 2.24) is 0 Å². The zero-order valence-corrected chi connectivity index (χ0v) is 13.8. The molecular weight excluding hydrogens is 294 g/mol. The smallest absolute Gasteiger partial charge is 0.275 e. The van der Waals surface area contributed by atoms with E-state index in [1.54, 1.807) is 32.0 Å². The van der Waals surface area contributed by atoms with E-state index in [1.807, 2.05) is 13.8 Å². The molecule has 1 aromatic rings. The van der Waals surface area contributed by atoms with Crippen LogP contribution in [0.25, 0.3) is 0 Å². The van der Waals surface area contributed by atoms with Crippen LogP contribution in [0.4, 0.5) is 0 Å². The van der Waals surface area contributed by atoms with Gasteiger partial charge >= 0.3 is 0 Å². The van der Waals surface area contributed by atoms with E-state index in [4.69, 9.17) is 4.74 Å². The van der Waals surface area contributed by atoms with Crippen molar-refractivity contribution in [3.05, 3.63) is 46.2 Å². The molecule has 5 heteroatoms. The van der Waals surface area contributed by atoms with E-state index in [9.17, 15) is 15.1 Å². The molecule has 2 aliphatic rings. The summed E-state index contributed by atoms with van der Waals surface area (Å²) < 4.78 is 6.42. The number of nitrogens with zero attached hydrogens (tertiary/aromatic N) is 1. The summed E-state index contributed by atoms with van der Waals surface area (Å²) in [6.45, 7) is 8.07. The average molecular weight is 315 g/mol. The molecule has 1 aliphatic carbocycles. The summed E-state index contributed by atoms with van der Waals surface area (Å²) in [5.41, 5.74) is 1.04. The Morgan fingerprint density at radius 2 is 2.09 bits per heavy atom. The van der Waals surface area contributed by atoms with E-state index in [0.717, 1.165) is 0 Å². The van der Waals surface area contributed by atoms with Gasteiger partial charge in [-0.25, -0.2) is 0 Å². The van der Waals surface area contributed by atoms with Crippen LogP contribution in [0.2, 0.25) is 0 Å². The highest BCUT2D eigenvalue weighted by molar-refractivity contribution is 6.27. The van der Waals surface area contributed by atoms with Gasteiger partial charge in [0.05, 0.1) is 12.0 Å². The van der Waals surface area contributed by atoms with E-state index in [0.29, 0.717) is 45.4 Å². The molecule has 1 N–H and O–H groups in total. The number of benzene rings is 1. The molecule has 0 aromatic heterocycles. The van der Waals surface area contributed by atoms with E-state index in [-0.39, 0.29) is 5.78 Å². The summed E-state index contributed by atoms with van der Waals surface area (Å²) in [4.78, 5) is 12.5. The van der Waals surface area contributed by atoms with Crippen molar-refractivity contribution in [1.29, 1.82) is 0 Å². The fraction of sp³-hybridized carbons (Fsp3) is 0.444. The Balaban J connectivity index is 2.20. The third-order valence-electron chi connectivity index (χ3n) is 4.41. The number of hydroxylamine groups is 1. The van der Waals surface area contributed by atoms with Crippen molar-refractivity contribution in [2.45, 2.75) is 33.9 Å². The van der Waals surface area contributed by atoms with Gasteiger partial charge in [-0.2, -0.15) is 4.74 Å². The Morgan fingerprint density at radius 1 is 1.39 bits per heavy atom. The number of fused-ring (bicyclic) bond motifs is 3. The van der Waals surface area contributed by atoms with Gasteiger partial charge in [0, 0.05) is 11.1 Å². The van der Waals surface area contributed by atoms with Gasteiger partial charge in [0.2, 0.25) is 5.71 Å². The highest BCUT2D eigenvalue weighted by Gasteiger charge is 2.53. The standard InChI is InChI=1S/C18H21NO4/c1-10(2)9-23-14-7-5-6-11-13(20)8-12-16(15(11)14)19(22)17(21)18(12,3)4/h5-8,10,17,21H,9H2,1-4H3. The van der Waals surface area contributed by atoms with Crippen LogP contribution in [0.3, 0.4) is 0 Å². The summed E-state index contributed by atoms with van der Waals surface area (Å²) in [5.74, 6) is 0.666. The molecule has 1 aromatic carbocycles. The molecule has 5 nitrogen and oxygen atoms in total. The summed E-state index contributed by atoms with van der Waals surface area (Å²) in [6.07, 6.45) is 0.242. The predicted molar refractivity (Wildman–Crippen MR) is 86.7 cm³/mol. The van der Waals surface area contributed by atoms with Crippen molar-refractivity contribution in [2.75, 3.05) is 6.61 Å². The van der Waals surface area contributed by atoms with Gasteiger partial charge in [-0.1, -0.05) is 19.9 Å². The lowest BCUT2D eigenvalue weighted by Crippen LogP contribution is -2.31. The van der Waals surface area contributed by atoms with Crippen molar-refractivity contribution < 1.29 is 19.4 Å². The molecule has 3 rings (SSSR count). The average Bonchev–Trinajstić information content (AvgIpc) is 2.66. The summed E-state index contributed by atoms with van der Waals surface area (Å²) >= 11 is 0. The molecule has 0 fully saturated rings. The number of rotatable bonds is 3. The van der Waals surface area contributed by atoms with E-state index < -0.39 is 11.6 Å². The largest absolute Gasteiger partial charge is 0.621 e. The molecule has 23 heavy (non-hydrogen) atoms. The van der Waals surface area contributed by atoms with Crippen molar-refractivity contribution in [2.24, 2.45) is 11.3 Å². The molecule has 122 valence electrons. The SMILES string of the molecule is CC(C)COc1cccc2c1C1=[N+]([O-])C(O)C(C)(C)C1=CC2=O. The number of carbonyl (C=O) groups excluding carboxylic acids is 1. The first-order valence-electron chi connectivity index (χ1n) is 7.79. The van der Waals surface area contributed by atoms with Crippen LogP contribution in [0, 0.1) is 16.5 Å². The Morgan fingerprint density at radius 3 is 2.74 bits per heavy atom. The first-order valence-corrected chi connectivity index (χ1v) is 7.79. The fourth-order valence-electron chi connectivity index (χ4n) is 3.04.